The summed E-state index contributed by atoms with van der Waals surface area (Å²) in [6, 6.07) is 4.57. The fourth-order valence-electron chi connectivity index (χ4n) is 2.26. The molecule has 0 radical (unpaired) electrons. The number of rotatable bonds is 5. The summed E-state index contributed by atoms with van der Waals surface area (Å²) < 4.78 is 0. The maximum absolute atomic E-state index is 11.9. The molecule has 0 aromatic heterocycles. The molecule has 1 aromatic carbocycles. The molecule has 1 aliphatic carbocycles. The summed E-state index contributed by atoms with van der Waals surface area (Å²) in [6.07, 6.45) is 2.48. The molecule has 1 unspecified atom stereocenters. The van der Waals surface area contributed by atoms with E-state index in [2.05, 4.69) is 17.6 Å². The van der Waals surface area contributed by atoms with Crippen molar-refractivity contribution in [2.75, 3.05) is 11.9 Å². The Morgan fingerprint density at radius 3 is 2.70 bits per heavy atom. The molecule has 2 rings (SSSR count). The molecule has 2 amide bonds. The molecule has 0 saturated heterocycles. The van der Waals surface area contributed by atoms with E-state index in [1.165, 1.54) is 18.9 Å². The molecule has 5 heteroatoms. The van der Waals surface area contributed by atoms with Crippen molar-refractivity contribution in [1.29, 1.82) is 0 Å². The SMILES string of the molecule is Cc1cccc(C(=O)O)c1NC(=O)NCC(C)C1CC1. The number of aromatic carboxylic acids is 1. The first kappa shape index (κ1) is 14.4. The average Bonchev–Trinajstić information content (AvgIpc) is 3.22. The van der Waals surface area contributed by atoms with E-state index in [0.717, 1.165) is 11.5 Å². The van der Waals surface area contributed by atoms with Crippen molar-refractivity contribution < 1.29 is 14.7 Å². The summed E-state index contributed by atoms with van der Waals surface area (Å²) in [6.45, 7) is 4.51. The largest absolute Gasteiger partial charge is 0.478 e. The molecule has 0 spiro atoms. The Morgan fingerprint density at radius 1 is 1.40 bits per heavy atom. The van der Waals surface area contributed by atoms with Gasteiger partial charge in [0, 0.05) is 6.54 Å². The standard InChI is InChI=1S/C15H20N2O3/c1-9-4-3-5-12(14(18)19)13(9)17-15(20)16-8-10(2)11-6-7-11/h3-5,10-11H,6-8H2,1-2H3,(H,18,19)(H2,16,17,20). The lowest BCUT2D eigenvalue weighted by Crippen LogP contribution is -2.33. The topological polar surface area (TPSA) is 78.4 Å². The molecule has 1 aliphatic rings. The summed E-state index contributed by atoms with van der Waals surface area (Å²) in [4.78, 5) is 23.0. The van der Waals surface area contributed by atoms with Crippen LogP contribution >= 0.6 is 0 Å². The minimum absolute atomic E-state index is 0.107. The van der Waals surface area contributed by atoms with Crippen molar-refractivity contribution in [1.82, 2.24) is 5.32 Å². The highest BCUT2D eigenvalue weighted by Crippen LogP contribution is 2.36. The number of anilines is 1. The molecule has 108 valence electrons. The highest BCUT2D eigenvalue weighted by Gasteiger charge is 2.27. The Bertz CT molecular complexity index is 524. The number of nitrogens with one attached hydrogen (secondary N) is 2. The van der Waals surface area contributed by atoms with Crippen molar-refractivity contribution in [3.63, 3.8) is 0 Å². The molecule has 20 heavy (non-hydrogen) atoms. The molecule has 5 nitrogen and oxygen atoms in total. The zero-order valence-corrected chi connectivity index (χ0v) is 11.8. The zero-order valence-electron chi connectivity index (χ0n) is 11.8. The van der Waals surface area contributed by atoms with Crippen LogP contribution in [0.2, 0.25) is 0 Å². The van der Waals surface area contributed by atoms with Gasteiger partial charge in [-0.05, 0) is 43.2 Å². The van der Waals surface area contributed by atoms with Crippen molar-refractivity contribution in [2.45, 2.75) is 26.7 Å². The van der Waals surface area contributed by atoms with Crippen LogP contribution in [-0.4, -0.2) is 23.7 Å². The Kier molecular flexibility index (Phi) is 4.27. The van der Waals surface area contributed by atoms with E-state index in [1.54, 1.807) is 19.1 Å². The quantitative estimate of drug-likeness (QED) is 0.773. The third-order valence-electron chi connectivity index (χ3n) is 3.75. The third kappa shape index (κ3) is 3.50. The van der Waals surface area contributed by atoms with Crippen LogP contribution in [0.5, 0.6) is 0 Å². The third-order valence-corrected chi connectivity index (χ3v) is 3.75. The van der Waals surface area contributed by atoms with Gasteiger partial charge in [-0.15, -0.1) is 0 Å². The minimum atomic E-state index is -1.05. The van der Waals surface area contributed by atoms with Gasteiger partial charge in [-0.3, -0.25) is 0 Å². The summed E-state index contributed by atoms with van der Waals surface area (Å²) in [5.41, 5.74) is 1.20. The lowest BCUT2D eigenvalue weighted by atomic mass is 10.1. The van der Waals surface area contributed by atoms with Crippen molar-refractivity contribution in [2.24, 2.45) is 11.8 Å². The fourth-order valence-corrected chi connectivity index (χ4v) is 2.26. The van der Waals surface area contributed by atoms with Gasteiger partial charge in [0.25, 0.3) is 0 Å². The number of hydrogen-bond acceptors (Lipinski definition) is 2. The van der Waals surface area contributed by atoms with E-state index >= 15 is 0 Å². The van der Waals surface area contributed by atoms with Crippen LogP contribution in [0.1, 0.15) is 35.7 Å². The number of carbonyl (C=O) groups is 2. The van der Waals surface area contributed by atoms with E-state index in [4.69, 9.17) is 5.11 Å². The van der Waals surface area contributed by atoms with Crippen LogP contribution in [0, 0.1) is 18.8 Å². The molecular formula is C15H20N2O3. The molecule has 0 heterocycles. The lowest BCUT2D eigenvalue weighted by Gasteiger charge is -2.14. The van der Waals surface area contributed by atoms with Crippen LogP contribution in [0.25, 0.3) is 0 Å². The van der Waals surface area contributed by atoms with Crippen LogP contribution in [0.4, 0.5) is 10.5 Å². The lowest BCUT2D eigenvalue weighted by molar-refractivity contribution is 0.0698. The molecule has 1 aromatic rings. The van der Waals surface area contributed by atoms with E-state index in [0.29, 0.717) is 18.2 Å². The van der Waals surface area contributed by atoms with E-state index in [1.807, 2.05) is 0 Å². The Balaban J connectivity index is 1.98. The summed E-state index contributed by atoms with van der Waals surface area (Å²) in [5.74, 6) is 0.148. The molecule has 1 saturated carbocycles. The Labute approximate surface area is 118 Å². The van der Waals surface area contributed by atoms with Crippen molar-refractivity contribution in [3.05, 3.63) is 29.3 Å². The first-order chi connectivity index (χ1) is 9.49. The normalized spacial score (nSPS) is 15.5. The second-order valence-electron chi connectivity index (χ2n) is 5.45. The molecular weight excluding hydrogens is 256 g/mol. The second-order valence-corrected chi connectivity index (χ2v) is 5.45. The van der Waals surface area contributed by atoms with E-state index in [9.17, 15) is 9.59 Å². The van der Waals surface area contributed by atoms with Crippen molar-refractivity contribution >= 4 is 17.7 Å². The number of amides is 2. The molecule has 1 atom stereocenters. The minimum Gasteiger partial charge on any atom is -0.478 e. The Morgan fingerprint density at radius 2 is 2.10 bits per heavy atom. The number of benzene rings is 1. The smallest absolute Gasteiger partial charge is 0.337 e. The highest BCUT2D eigenvalue weighted by atomic mass is 16.4. The first-order valence-corrected chi connectivity index (χ1v) is 6.86. The van der Waals surface area contributed by atoms with Gasteiger partial charge < -0.3 is 15.7 Å². The molecule has 3 N–H and O–H groups in total. The van der Waals surface area contributed by atoms with Gasteiger partial charge in [0.15, 0.2) is 0 Å². The molecule has 0 aliphatic heterocycles. The average molecular weight is 276 g/mol. The second kappa shape index (κ2) is 5.94. The zero-order chi connectivity index (χ0) is 14.7. The van der Waals surface area contributed by atoms with E-state index in [-0.39, 0.29) is 11.6 Å². The van der Waals surface area contributed by atoms with Gasteiger partial charge in [0.05, 0.1) is 11.3 Å². The fraction of sp³-hybridized carbons (Fsp3) is 0.467. The maximum Gasteiger partial charge on any atom is 0.337 e. The molecule has 0 bridgehead atoms. The summed E-state index contributed by atoms with van der Waals surface area (Å²) in [5, 5.41) is 14.6. The van der Waals surface area contributed by atoms with Gasteiger partial charge in [0.2, 0.25) is 0 Å². The number of urea groups is 1. The van der Waals surface area contributed by atoms with E-state index < -0.39 is 5.97 Å². The van der Waals surface area contributed by atoms with Crippen LogP contribution in [0.15, 0.2) is 18.2 Å². The van der Waals surface area contributed by atoms with Gasteiger partial charge in [-0.25, -0.2) is 9.59 Å². The molecule has 1 fully saturated rings. The monoisotopic (exact) mass is 276 g/mol. The predicted octanol–water partition coefficient (Wildman–Crippen LogP) is 2.86. The van der Waals surface area contributed by atoms with Gasteiger partial charge in [-0.2, -0.15) is 0 Å². The van der Waals surface area contributed by atoms with Gasteiger partial charge in [0.1, 0.15) is 0 Å². The van der Waals surface area contributed by atoms with Crippen molar-refractivity contribution in [3.8, 4) is 0 Å². The maximum atomic E-state index is 11.9. The van der Waals surface area contributed by atoms with Gasteiger partial charge >= 0.3 is 12.0 Å². The Hall–Kier alpha value is -2.04. The number of carbonyl (C=O) groups excluding carboxylic acids is 1. The number of para-hydroxylation sites is 1. The summed E-state index contributed by atoms with van der Waals surface area (Å²) >= 11 is 0. The number of carboxylic acids is 1. The predicted molar refractivity (Wildman–Crippen MR) is 77.0 cm³/mol. The highest BCUT2D eigenvalue weighted by molar-refractivity contribution is 6.00. The van der Waals surface area contributed by atoms with Crippen LogP contribution in [-0.2, 0) is 0 Å². The number of aryl methyl sites for hydroxylation is 1. The first-order valence-electron chi connectivity index (χ1n) is 6.86. The van der Waals surface area contributed by atoms with Crippen LogP contribution in [0.3, 0.4) is 0 Å². The van der Waals surface area contributed by atoms with Crippen LogP contribution < -0.4 is 10.6 Å². The summed E-state index contributed by atoms with van der Waals surface area (Å²) in [7, 11) is 0. The number of carboxylic acid groups (broad SMARTS) is 1. The van der Waals surface area contributed by atoms with Gasteiger partial charge in [-0.1, -0.05) is 19.1 Å². The number of hydrogen-bond donors (Lipinski definition) is 3.